The van der Waals surface area contributed by atoms with E-state index in [1.807, 2.05) is 4.90 Å². The highest BCUT2D eigenvalue weighted by Gasteiger charge is 2.32. The molecule has 3 nitrogen and oxygen atoms in total. The number of carbonyl (C=O) groups is 1. The quantitative estimate of drug-likeness (QED) is 0.867. The van der Waals surface area contributed by atoms with E-state index in [-0.39, 0.29) is 24.4 Å². The van der Waals surface area contributed by atoms with Crippen molar-refractivity contribution >= 4 is 18.3 Å². The van der Waals surface area contributed by atoms with Gasteiger partial charge in [-0.2, -0.15) is 0 Å². The fourth-order valence-corrected chi connectivity index (χ4v) is 3.66. The van der Waals surface area contributed by atoms with E-state index in [4.69, 9.17) is 5.73 Å². The van der Waals surface area contributed by atoms with Gasteiger partial charge in [-0.1, -0.05) is 46.0 Å². The van der Waals surface area contributed by atoms with Gasteiger partial charge in [-0.15, -0.1) is 12.4 Å². The number of hydrogen-bond donors (Lipinski definition) is 1. The van der Waals surface area contributed by atoms with Crippen molar-refractivity contribution in [3.8, 4) is 0 Å². The van der Waals surface area contributed by atoms with E-state index in [0.29, 0.717) is 11.8 Å². The lowest BCUT2D eigenvalue weighted by Crippen LogP contribution is -2.39. The Balaban J connectivity index is 0.00000200. The maximum absolute atomic E-state index is 12.7. The van der Waals surface area contributed by atoms with E-state index in [9.17, 15) is 4.79 Å². The highest BCUT2D eigenvalue weighted by Crippen LogP contribution is 2.32. The van der Waals surface area contributed by atoms with Crippen LogP contribution in [0.3, 0.4) is 0 Å². The molecule has 1 aliphatic heterocycles. The zero-order valence-corrected chi connectivity index (χ0v) is 13.8. The molecule has 0 aromatic rings. The first kappa shape index (κ1) is 17.8. The molecule has 2 aliphatic rings. The predicted octanol–water partition coefficient (Wildman–Crippen LogP) is 3.21. The van der Waals surface area contributed by atoms with Gasteiger partial charge in [-0.05, 0) is 24.7 Å². The summed E-state index contributed by atoms with van der Waals surface area (Å²) >= 11 is 0. The van der Waals surface area contributed by atoms with Crippen molar-refractivity contribution in [3.63, 3.8) is 0 Å². The van der Waals surface area contributed by atoms with Crippen LogP contribution in [0, 0.1) is 17.8 Å². The van der Waals surface area contributed by atoms with Crippen LogP contribution in [-0.2, 0) is 4.79 Å². The lowest BCUT2D eigenvalue weighted by molar-refractivity contribution is -0.136. The van der Waals surface area contributed by atoms with Crippen molar-refractivity contribution in [3.05, 3.63) is 0 Å². The average molecular weight is 303 g/mol. The molecule has 4 heteroatoms. The van der Waals surface area contributed by atoms with Gasteiger partial charge in [0, 0.05) is 25.0 Å². The summed E-state index contributed by atoms with van der Waals surface area (Å²) in [5.41, 5.74) is 5.93. The summed E-state index contributed by atoms with van der Waals surface area (Å²) in [6.45, 7) is 6.03. The predicted molar refractivity (Wildman–Crippen MR) is 85.9 cm³/mol. The number of nitrogens with two attached hydrogens (primary N) is 1. The van der Waals surface area contributed by atoms with E-state index >= 15 is 0 Å². The molecule has 1 unspecified atom stereocenters. The van der Waals surface area contributed by atoms with Crippen molar-refractivity contribution in [2.24, 2.45) is 23.5 Å². The molecule has 0 spiro atoms. The molecule has 2 N–H and O–H groups in total. The van der Waals surface area contributed by atoms with Gasteiger partial charge in [-0.25, -0.2) is 0 Å². The topological polar surface area (TPSA) is 46.3 Å². The molecule has 2 fully saturated rings. The molecule has 2 rings (SSSR count). The van der Waals surface area contributed by atoms with Gasteiger partial charge in [0.05, 0.1) is 0 Å². The third-order valence-electron chi connectivity index (χ3n) is 4.97. The van der Waals surface area contributed by atoms with Crippen molar-refractivity contribution in [1.82, 2.24) is 4.90 Å². The van der Waals surface area contributed by atoms with Gasteiger partial charge in [0.25, 0.3) is 0 Å². The number of nitrogens with zero attached hydrogens (tertiary/aromatic N) is 1. The minimum absolute atomic E-state index is 0. The summed E-state index contributed by atoms with van der Waals surface area (Å²) in [5, 5.41) is 0. The van der Waals surface area contributed by atoms with Gasteiger partial charge < -0.3 is 10.6 Å². The average Bonchev–Trinajstić information content (AvgIpc) is 2.83. The van der Waals surface area contributed by atoms with Gasteiger partial charge in [0.15, 0.2) is 0 Å². The Kier molecular flexibility index (Phi) is 7.32. The van der Waals surface area contributed by atoms with Crippen LogP contribution in [0.2, 0.25) is 0 Å². The molecule has 118 valence electrons. The van der Waals surface area contributed by atoms with Crippen LogP contribution in [0.4, 0.5) is 0 Å². The van der Waals surface area contributed by atoms with Crippen LogP contribution in [0.1, 0.15) is 58.8 Å². The Morgan fingerprint density at radius 1 is 1.20 bits per heavy atom. The minimum Gasteiger partial charge on any atom is -0.341 e. The van der Waals surface area contributed by atoms with Crippen molar-refractivity contribution in [2.75, 3.05) is 13.1 Å². The monoisotopic (exact) mass is 302 g/mol. The van der Waals surface area contributed by atoms with E-state index < -0.39 is 0 Å². The molecule has 0 aromatic heterocycles. The number of amides is 1. The second-order valence-electron chi connectivity index (χ2n) is 6.92. The maximum atomic E-state index is 12.7. The molecule has 1 heterocycles. The van der Waals surface area contributed by atoms with Gasteiger partial charge in [0.1, 0.15) is 0 Å². The first-order valence-electron chi connectivity index (χ1n) is 8.12. The van der Waals surface area contributed by atoms with Gasteiger partial charge in [0.2, 0.25) is 5.91 Å². The number of halogens is 1. The fourth-order valence-electron chi connectivity index (χ4n) is 3.66. The Labute approximate surface area is 130 Å². The van der Waals surface area contributed by atoms with Crippen LogP contribution in [0.5, 0.6) is 0 Å². The second-order valence-corrected chi connectivity index (χ2v) is 6.92. The maximum Gasteiger partial charge on any atom is 0.226 e. The molecule has 1 saturated carbocycles. The molecular formula is C16H31ClN2O. The number of carbonyl (C=O) groups excluding carboxylic acids is 1. The lowest BCUT2D eigenvalue weighted by Gasteiger charge is -2.30. The van der Waals surface area contributed by atoms with Crippen LogP contribution in [-0.4, -0.2) is 29.9 Å². The van der Waals surface area contributed by atoms with Crippen LogP contribution in [0.15, 0.2) is 0 Å². The summed E-state index contributed by atoms with van der Waals surface area (Å²) < 4.78 is 0. The lowest BCUT2D eigenvalue weighted by atomic mass is 9.79. The normalized spacial score (nSPS) is 25.6. The van der Waals surface area contributed by atoms with E-state index in [1.165, 1.54) is 32.1 Å². The van der Waals surface area contributed by atoms with Crippen molar-refractivity contribution in [2.45, 2.75) is 64.8 Å². The zero-order valence-electron chi connectivity index (χ0n) is 13.0. The molecular weight excluding hydrogens is 272 g/mol. The largest absolute Gasteiger partial charge is 0.341 e. The third-order valence-corrected chi connectivity index (χ3v) is 4.97. The highest BCUT2D eigenvalue weighted by molar-refractivity contribution is 5.85. The summed E-state index contributed by atoms with van der Waals surface area (Å²) in [6.07, 6.45) is 8.84. The Hall–Kier alpha value is -0.280. The first-order chi connectivity index (χ1) is 9.08. The van der Waals surface area contributed by atoms with Gasteiger partial charge >= 0.3 is 0 Å². The molecule has 0 aromatic carbocycles. The molecule has 0 radical (unpaired) electrons. The second kappa shape index (κ2) is 8.23. The Morgan fingerprint density at radius 2 is 1.85 bits per heavy atom. The fraction of sp³-hybridized carbons (Fsp3) is 0.938. The van der Waals surface area contributed by atoms with E-state index in [2.05, 4.69) is 13.8 Å². The number of likely N-dealkylation sites (tertiary alicyclic amines) is 1. The molecule has 2 atom stereocenters. The number of hydrogen-bond acceptors (Lipinski definition) is 2. The Morgan fingerprint density at radius 3 is 2.35 bits per heavy atom. The molecule has 1 aliphatic carbocycles. The van der Waals surface area contributed by atoms with E-state index in [0.717, 1.165) is 31.8 Å². The molecule has 20 heavy (non-hydrogen) atoms. The number of rotatable bonds is 4. The van der Waals surface area contributed by atoms with Crippen LogP contribution < -0.4 is 5.73 Å². The zero-order chi connectivity index (χ0) is 13.8. The third kappa shape index (κ3) is 4.63. The van der Waals surface area contributed by atoms with Crippen molar-refractivity contribution in [1.29, 1.82) is 0 Å². The summed E-state index contributed by atoms with van der Waals surface area (Å²) in [7, 11) is 0. The van der Waals surface area contributed by atoms with Crippen LogP contribution >= 0.6 is 12.4 Å². The molecule has 1 amide bonds. The molecule has 1 saturated heterocycles. The molecule has 0 bridgehead atoms. The standard InChI is InChI=1S/C16H30N2O.ClH/c1-12(2)15(10-13-6-4-3-5-7-13)16(19)18-9-8-14(17)11-18;/h12-15H,3-11,17H2,1-2H3;1H/t14-,15?;/m1./s1. The Bertz CT molecular complexity index is 303. The van der Waals surface area contributed by atoms with Crippen LogP contribution in [0.25, 0.3) is 0 Å². The summed E-state index contributed by atoms with van der Waals surface area (Å²) in [6, 6.07) is 0.200. The summed E-state index contributed by atoms with van der Waals surface area (Å²) in [5.74, 6) is 1.81. The van der Waals surface area contributed by atoms with Gasteiger partial charge in [-0.3, -0.25) is 4.79 Å². The van der Waals surface area contributed by atoms with Crippen molar-refractivity contribution < 1.29 is 4.79 Å². The SMILES string of the molecule is CC(C)C(CC1CCCCC1)C(=O)N1CC[C@@H](N)C1.Cl. The first-order valence-corrected chi connectivity index (χ1v) is 8.12. The summed E-state index contributed by atoms with van der Waals surface area (Å²) in [4.78, 5) is 14.7. The van der Waals surface area contributed by atoms with E-state index in [1.54, 1.807) is 0 Å². The minimum atomic E-state index is 0. The smallest absolute Gasteiger partial charge is 0.226 e. The highest BCUT2D eigenvalue weighted by atomic mass is 35.5.